The first kappa shape index (κ1) is 20.3. The van der Waals surface area contributed by atoms with Crippen LogP contribution in [-0.2, 0) is 38.1 Å². The number of carbonyl (C=O) groups is 4. The van der Waals surface area contributed by atoms with E-state index in [0.717, 1.165) is 0 Å². The van der Waals surface area contributed by atoms with Crippen LogP contribution in [0.5, 0.6) is 0 Å². The summed E-state index contributed by atoms with van der Waals surface area (Å²) >= 11 is 0. The van der Waals surface area contributed by atoms with Crippen LogP contribution in [0.4, 0.5) is 0 Å². The Hall–Kier alpha value is -2.04. The highest BCUT2D eigenvalue weighted by Gasteiger charge is 2.51. The number of ether oxygens (including phenoxy) is 4. The lowest BCUT2D eigenvalue weighted by Crippen LogP contribution is -2.39. The number of fused-ring (bicyclic) bond motifs is 1. The van der Waals surface area contributed by atoms with E-state index in [9.17, 15) is 19.2 Å². The molecule has 146 valence electrons. The van der Waals surface area contributed by atoms with Crippen LogP contribution in [0.1, 0.15) is 19.8 Å². The number of esters is 2. The third-order valence-corrected chi connectivity index (χ3v) is 3.98. The largest absolute Gasteiger partial charge is 0.456 e. The molecule has 2 saturated heterocycles. The van der Waals surface area contributed by atoms with E-state index in [2.05, 4.69) is 10.6 Å². The predicted molar refractivity (Wildman–Crippen MR) is 86.1 cm³/mol. The summed E-state index contributed by atoms with van der Waals surface area (Å²) < 4.78 is 21.6. The lowest BCUT2D eigenvalue weighted by molar-refractivity contribution is -0.154. The van der Waals surface area contributed by atoms with Crippen LogP contribution in [0.3, 0.4) is 0 Å². The van der Waals surface area contributed by atoms with Crippen LogP contribution >= 0.6 is 0 Å². The molecule has 1 amide bonds. The van der Waals surface area contributed by atoms with Crippen LogP contribution in [0.15, 0.2) is 0 Å². The van der Waals surface area contributed by atoms with Gasteiger partial charge in [0.15, 0.2) is 12.2 Å². The Morgan fingerprint density at radius 3 is 1.96 bits per heavy atom. The van der Waals surface area contributed by atoms with E-state index in [1.807, 2.05) is 0 Å². The fraction of sp³-hybridized carbons (Fsp3) is 0.750. The van der Waals surface area contributed by atoms with Crippen LogP contribution in [0.25, 0.3) is 0 Å². The standard InChI is InChI=1S/C16H24N2O8/c1-9(19)3-4-12(20)18-6-14(22)26-11-8-24-15-10(7-23-16(11)15)25-13(21)5-17-2/h10-11,15-17H,3-8H2,1-2H3,(H,18,20)/t10-,11+,15?,16?/m0/s1. The van der Waals surface area contributed by atoms with Gasteiger partial charge in [0, 0.05) is 12.8 Å². The van der Waals surface area contributed by atoms with Crippen molar-refractivity contribution >= 4 is 23.6 Å². The van der Waals surface area contributed by atoms with Gasteiger partial charge in [0.25, 0.3) is 0 Å². The highest BCUT2D eigenvalue weighted by atomic mass is 16.7. The molecule has 2 aliphatic heterocycles. The molecule has 10 heteroatoms. The summed E-state index contributed by atoms with van der Waals surface area (Å²) in [6.45, 7) is 1.46. The second kappa shape index (κ2) is 9.60. The fourth-order valence-corrected chi connectivity index (χ4v) is 2.75. The Morgan fingerprint density at radius 1 is 0.923 bits per heavy atom. The molecule has 2 N–H and O–H groups in total. The molecule has 4 atom stereocenters. The number of amides is 1. The van der Waals surface area contributed by atoms with Gasteiger partial charge in [-0.05, 0) is 14.0 Å². The van der Waals surface area contributed by atoms with E-state index in [1.165, 1.54) is 6.92 Å². The van der Waals surface area contributed by atoms with E-state index in [0.29, 0.717) is 0 Å². The van der Waals surface area contributed by atoms with Crippen LogP contribution in [-0.4, -0.2) is 81.4 Å². The van der Waals surface area contributed by atoms with Gasteiger partial charge in [-0.2, -0.15) is 0 Å². The summed E-state index contributed by atoms with van der Waals surface area (Å²) in [6.07, 6.45) is -2.02. The number of Topliss-reactive ketones (excluding diaryl/α,β-unsaturated/α-hetero) is 1. The monoisotopic (exact) mass is 372 g/mol. The van der Waals surface area contributed by atoms with Crippen molar-refractivity contribution in [1.29, 1.82) is 0 Å². The first-order valence-corrected chi connectivity index (χ1v) is 8.43. The lowest BCUT2D eigenvalue weighted by Gasteiger charge is -2.17. The highest BCUT2D eigenvalue weighted by molar-refractivity contribution is 5.85. The van der Waals surface area contributed by atoms with Gasteiger partial charge in [0.2, 0.25) is 5.91 Å². The second-order valence-corrected chi connectivity index (χ2v) is 6.16. The van der Waals surface area contributed by atoms with Gasteiger partial charge < -0.3 is 34.4 Å². The van der Waals surface area contributed by atoms with Gasteiger partial charge in [-0.1, -0.05) is 0 Å². The predicted octanol–water partition coefficient (Wildman–Crippen LogP) is -1.69. The highest BCUT2D eigenvalue weighted by Crippen LogP contribution is 2.30. The Balaban J connectivity index is 1.72. The molecule has 0 aliphatic carbocycles. The third-order valence-electron chi connectivity index (χ3n) is 3.98. The molecule has 2 rings (SSSR count). The molecule has 26 heavy (non-hydrogen) atoms. The van der Waals surface area contributed by atoms with Crippen molar-refractivity contribution in [2.24, 2.45) is 0 Å². The number of likely N-dealkylation sites (N-methyl/N-ethyl adjacent to an activating group) is 1. The van der Waals surface area contributed by atoms with E-state index in [4.69, 9.17) is 18.9 Å². The molecular formula is C16H24N2O8. The summed E-state index contributed by atoms with van der Waals surface area (Å²) in [6, 6.07) is 0. The van der Waals surface area contributed by atoms with Gasteiger partial charge in [0.05, 0.1) is 19.8 Å². The summed E-state index contributed by atoms with van der Waals surface area (Å²) in [5.41, 5.74) is 0. The van der Waals surface area contributed by atoms with Crippen molar-refractivity contribution in [2.75, 3.05) is 33.4 Å². The zero-order valence-corrected chi connectivity index (χ0v) is 14.8. The first-order valence-electron chi connectivity index (χ1n) is 8.43. The normalized spacial score (nSPS) is 26.8. The summed E-state index contributed by atoms with van der Waals surface area (Å²) in [4.78, 5) is 45.7. The fourth-order valence-electron chi connectivity index (χ4n) is 2.75. The smallest absolute Gasteiger partial charge is 0.325 e. The Bertz CT molecular complexity index is 552. The van der Waals surface area contributed by atoms with Crippen molar-refractivity contribution < 1.29 is 38.1 Å². The molecule has 0 aromatic carbocycles. The lowest BCUT2D eigenvalue weighted by atomic mass is 10.1. The Morgan fingerprint density at radius 2 is 1.46 bits per heavy atom. The van der Waals surface area contributed by atoms with E-state index in [-0.39, 0.29) is 44.9 Å². The van der Waals surface area contributed by atoms with Gasteiger partial charge in [-0.3, -0.25) is 14.4 Å². The average molecular weight is 372 g/mol. The van der Waals surface area contributed by atoms with Crippen LogP contribution in [0.2, 0.25) is 0 Å². The molecule has 0 bridgehead atoms. The van der Waals surface area contributed by atoms with Gasteiger partial charge in [0.1, 0.15) is 24.5 Å². The quantitative estimate of drug-likeness (QED) is 0.456. The molecule has 0 aromatic heterocycles. The zero-order chi connectivity index (χ0) is 19.1. The molecule has 2 heterocycles. The minimum atomic E-state index is -0.630. The molecule has 0 spiro atoms. The summed E-state index contributed by atoms with van der Waals surface area (Å²) in [5, 5.41) is 5.09. The number of ketones is 1. The summed E-state index contributed by atoms with van der Waals surface area (Å²) in [7, 11) is 1.63. The Labute approximate surface area is 150 Å². The minimum absolute atomic E-state index is 0.0304. The van der Waals surface area contributed by atoms with Crippen molar-refractivity contribution in [3.8, 4) is 0 Å². The van der Waals surface area contributed by atoms with Gasteiger partial charge >= 0.3 is 11.9 Å². The van der Waals surface area contributed by atoms with Crippen molar-refractivity contribution in [3.63, 3.8) is 0 Å². The number of carbonyl (C=O) groups excluding carboxylic acids is 4. The zero-order valence-electron chi connectivity index (χ0n) is 14.8. The maximum Gasteiger partial charge on any atom is 0.325 e. The van der Waals surface area contributed by atoms with E-state index >= 15 is 0 Å². The molecular weight excluding hydrogens is 348 g/mol. The number of hydrogen-bond donors (Lipinski definition) is 2. The molecule has 0 radical (unpaired) electrons. The van der Waals surface area contributed by atoms with Gasteiger partial charge in [-0.25, -0.2) is 0 Å². The maximum absolute atomic E-state index is 11.9. The third kappa shape index (κ3) is 5.75. The molecule has 2 fully saturated rings. The molecule has 2 aliphatic rings. The van der Waals surface area contributed by atoms with Crippen LogP contribution in [0, 0.1) is 0 Å². The average Bonchev–Trinajstić information content (AvgIpc) is 3.15. The van der Waals surface area contributed by atoms with Crippen molar-refractivity contribution in [3.05, 3.63) is 0 Å². The second-order valence-electron chi connectivity index (χ2n) is 6.16. The SMILES string of the molecule is CNCC(=O)O[C@H]1COC2C1OC[C@H]2OC(=O)CNC(=O)CCC(C)=O. The molecule has 0 aromatic rings. The van der Waals surface area contributed by atoms with Crippen molar-refractivity contribution in [1.82, 2.24) is 10.6 Å². The van der Waals surface area contributed by atoms with Crippen molar-refractivity contribution in [2.45, 2.75) is 44.2 Å². The molecule has 0 saturated carbocycles. The van der Waals surface area contributed by atoms with Crippen LogP contribution < -0.4 is 10.6 Å². The molecule has 10 nitrogen and oxygen atoms in total. The number of hydrogen-bond acceptors (Lipinski definition) is 9. The maximum atomic E-state index is 11.9. The van der Waals surface area contributed by atoms with E-state index < -0.39 is 42.3 Å². The Kier molecular flexibility index (Phi) is 7.49. The topological polar surface area (TPSA) is 129 Å². The summed E-state index contributed by atoms with van der Waals surface area (Å²) in [5.74, 6) is -1.54. The first-order chi connectivity index (χ1) is 12.4. The van der Waals surface area contributed by atoms with Gasteiger partial charge in [-0.15, -0.1) is 0 Å². The number of nitrogens with one attached hydrogen (secondary N) is 2. The molecule has 2 unspecified atom stereocenters. The minimum Gasteiger partial charge on any atom is -0.456 e. The number of rotatable bonds is 9. The van der Waals surface area contributed by atoms with E-state index in [1.54, 1.807) is 7.05 Å².